The molecule has 0 amide bonds. The second kappa shape index (κ2) is 7.22. The molecule has 0 saturated carbocycles. The molecule has 2 unspecified atom stereocenters. The number of hydrogen-bond acceptors (Lipinski definition) is 4. The first-order valence-electron chi connectivity index (χ1n) is 7.03. The number of hydrogen-bond donors (Lipinski definition) is 1. The van der Waals surface area contributed by atoms with Gasteiger partial charge in [0, 0.05) is 19.1 Å². The number of sulfonamides is 1. The largest absolute Gasteiger partial charge is 0.313 e. The van der Waals surface area contributed by atoms with Gasteiger partial charge in [-0.2, -0.15) is 9.57 Å². The van der Waals surface area contributed by atoms with Crippen LogP contribution in [0.4, 0.5) is 0 Å². The molecule has 2 atom stereocenters. The molecule has 0 aliphatic carbocycles. The molecule has 0 aromatic carbocycles. The molecule has 0 bridgehead atoms. The van der Waals surface area contributed by atoms with E-state index in [0.29, 0.717) is 19.5 Å². The first kappa shape index (κ1) is 16.4. The van der Waals surface area contributed by atoms with Crippen molar-refractivity contribution in [3.8, 4) is 6.07 Å². The molecule has 1 aliphatic heterocycles. The van der Waals surface area contributed by atoms with Gasteiger partial charge in [-0.15, -0.1) is 0 Å². The lowest BCUT2D eigenvalue weighted by atomic mass is 10.2. The maximum absolute atomic E-state index is 12.5. The van der Waals surface area contributed by atoms with E-state index in [1.807, 2.05) is 19.9 Å². The Morgan fingerprint density at radius 1 is 1.47 bits per heavy atom. The zero-order valence-corrected chi connectivity index (χ0v) is 12.9. The topological polar surface area (TPSA) is 73.2 Å². The summed E-state index contributed by atoms with van der Waals surface area (Å²) in [5.74, 6) is 0.257. The fraction of sp³-hybridized carbons (Fsp3) is 0.923. The highest BCUT2D eigenvalue weighted by Crippen LogP contribution is 2.17. The van der Waals surface area contributed by atoms with Gasteiger partial charge < -0.3 is 5.32 Å². The van der Waals surface area contributed by atoms with Gasteiger partial charge in [-0.25, -0.2) is 8.42 Å². The van der Waals surface area contributed by atoms with E-state index in [-0.39, 0.29) is 12.0 Å². The van der Waals surface area contributed by atoms with E-state index in [1.54, 1.807) is 6.92 Å². The maximum atomic E-state index is 12.5. The van der Waals surface area contributed by atoms with E-state index in [1.165, 1.54) is 4.31 Å². The molecule has 110 valence electrons. The SMILES string of the molecule is CCC(C#N)S(=O)(=O)N(CC(C)C)CC1CCCN1. The van der Waals surface area contributed by atoms with Gasteiger partial charge in [0.2, 0.25) is 10.0 Å². The van der Waals surface area contributed by atoms with Crippen molar-refractivity contribution in [2.45, 2.75) is 51.3 Å². The molecule has 1 heterocycles. The molecule has 6 heteroatoms. The van der Waals surface area contributed by atoms with Crippen molar-refractivity contribution in [2.75, 3.05) is 19.6 Å². The lowest BCUT2D eigenvalue weighted by Crippen LogP contribution is -2.46. The Morgan fingerprint density at radius 2 is 2.16 bits per heavy atom. The Labute approximate surface area is 117 Å². The van der Waals surface area contributed by atoms with Crippen LogP contribution in [0.3, 0.4) is 0 Å². The van der Waals surface area contributed by atoms with Crippen molar-refractivity contribution < 1.29 is 8.42 Å². The zero-order valence-electron chi connectivity index (χ0n) is 12.1. The molecule has 0 spiro atoms. The molecule has 1 N–H and O–H groups in total. The number of rotatable bonds is 7. The van der Waals surface area contributed by atoms with Gasteiger partial charge in [0.25, 0.3) is 0 Å². The summed E-state index contributed by atoms with van der Waals surface area (Å²) in [7, 11) is -3.51. The van der Waals surface area contributed by atoms with Crippen molar-refractivity contribution >= 4 is 10.0 Å². The minimum atomic E-state index is -3.51. The minimum Gasteiger partial charge on any atom is -0.313 e. The summed E-state index contributed by atoms with van der Waals surface area (Å²) in [4.78, 5) is 0. The molecule has 0 radical (unpaired) electrons. The molecule has 5 nitrogen and oxygen atoms in total. The quantitative estimate of drug-likeness (QED) is 0.766. The molecular formula is C13H25N3O2S. The summed E-state index contributed by atoms with van der Waals surface area (Å²) in [5.41, 5.74) is 0. The van der Waals surface area contributed by atoms with Crippen molar-refractivity contribution in [3.63, 3.8) is 0 Å². The van der Waals surface area contributed by atoms with Crippen LogP contribution < -0.4 is 5.32 Å². The average molecular weight is 287 g/mol. The summed E-state index contributed by atoms with van der Waals surface area (Å²) >= 11 is 0. The fourth-order valence-corrected chi connectivity index (χ4v) is 4.20. The van der Waals surface area contributed by atoms with E-state index in [9.17, 15) is 8.42 Å². The third kappa shape index (κ3) is 4.44. The van der Waals surface area contributed by atoms with Crippen molar-refractivity contribution in [1.82, 2.24) is 9.62 Å². The van der Waals surface area contributed by atoms with Gasteiger partial charge >= 0.3 is 0 Å². The highest BCUT2D eigenvalue weighted by atomic mass is 32.2. The second-order valence-corrected chi connectivity index (χ2v) is 7.69. The Bertz CT molecular complexity index is 408. The highest BCUT2D eigenvalue weighted by Gasteiger charge is 2.33. The molecule has 1 rings (SSSR count). The molecule has 0 aromatic rings. The van der Waals surface area contributed by atoms with Crippen LogP contribution in [0, 0.1) is 17.2 Å². The summed E-state index contributed by atoms with van der Waals surface area (Å²) in [6.07, 6.45) is 2.44. The Balaban J connectivity index is 2.85. The van der Waals surface area contributed by atoms with Crippen LogP contribution in [0.2, 0.25) is 0 Å². The van der Waals surface area contributed by atoms with Crippen molar-refractivity contribution in [3.05, 3.63) is 0 Å². The summed E-state index contributed by atoms with van der Waals surface area (Å²) in [6.45, 7) is 7.66. The second-order valence-electron chi connectivity index (χ2n) is 5.58. The highest BCUT2D eigenvalue weighted by molar-refractivity contribution is 7.90. The number of nitriles is 1. The van der Waals surface area contributed by atoms with Crippen molar-refractivity contribution in [1.29, 1.82) is 5.26 Å². The molecule has 1 aliphatic rings. The minimum absolute atomic E-state index is 0.227. The van der Waals surface area contributed by atoms with E-state index in [4.69, 9.17) is 5.26 Å². The molecule has 0 aromatic heterocycles. The first-order valence-corrected chi connectivity index (χ1v) is 8.54. The van der Waals surface area contributed by atoms with E-state index >= 15 is 0 Å². The van der Waals surface area contributed by atoms with Gasteiger partial charge in [0.1, 0.15) is 0 Å². The number of nitrogens with zero attached hydrogens (tertiary/aromatic N) is 2. The normalized spacial score (nSPS) is 21.8. The summed E-state index contributed by atoms with van der Waals surface area (Å²) < 4.78 is 26.5. The standard InChI is InChI=1S/C13H25N3O2S/c1-4-13(8-14)19(17,18)16(9-11(2)3)10-12-6-5-7-15-12/h11-13,15H,4-7,9-10H2,1-3H3. The third-order valence-electron chi connectivity index (χ3n) is 3.39. The maximum Gasteiger partial charge on any atom is 0.230 e. The van der Waals surface area contributed by atoms with Gasteiger partial charge in [-0.05, 0) is 31.7 Å². The predicted octanol–water partition coefficient (Wildman–Crippen LogP) is 1.33. The molecule has 1 saturated heterocycles. The Hall–Kier alpha value is -0.640. The van der Waals surface area contributed by atoms with Gasteiger partial charge in [-0.1, -0.05) is 20.8 Å². The van der Waals surface area contributed by atoms with Gasteiger partial charge in [0.05, 0.1) is 6.07 Å². The molecule has 1 fully saturated rings. The van der Waals surface area contributed by atoms with E-state index in [2.05, 4.69) is 5.32 Å². The summed E-state index contributed by atoms with van der Waals surface area (Å²) in [6, 6.07) is 2.15. The number of nitrogens with one attached hydrogen (secondary N) is 1. The van der Waals surface area contributed by atoms with Crippen LogP contribution >= 0.6 is 0 Å². The Morgan fingerprint density at radius 3 is 2.58 bits per heavy atom. The van der Waals surface area contributed by atoms with Crippen LogP contribution in [0.5, 0.6) is 0 Å². The molecular weight excluding hydrogens is 262 g/mol. The predicted molar refractivity (Wildman–Crippen MR) is 76.0 cm³/mol. The zero-order chi connectivity index (χ0) is 14.5. The molecule has 19 heavy (non-hydrogen) atoms. The van der Waals surface area contributed by atoms with E-state index < -0.39 is 15.3 Å². The van der Waals surface area contributed by atoms with Crippen molar-refractivity contribution in [2.24, 2.45) is 5.92 Å². The lowest BCUT2D eigenvalue weighted by Gasteiger charge is -2.28. The van der Waals surface area contributed by atoms with Gasteiger partial charge in [-0.3, -0.25) is 0 Å². The first-order chi connectivity index (χ1) is 8.91. The van der Waals surface area contributed by atoms with E-state index in [0.717, 1.165) is 19.4 Å². The van der Waals surface area contributed by atoms with Gasteiger partial charge in [0.15, 0.2) is 5.25 Å². The fourth-order valence-electron chi connectivity index (χ4n) is 2.40. The monoisotopic (exact) mass is 287 g/mol. The summed E-state index contributed by atoms with van der Waals surface area (Å²) in [5, 5.41) is 11.4. The van der Waals surface area contributed by atoms with Crippen LogP contribution in [-0.4, -0.2) is 43.6 Å². The smallest absolute Gasteiger partial charge is 0.230 e. The van der Waals surface area contributed by atoms with Crippen LogP contribution in [0.1, 0.15) is 40.0 Å². The lowest BCUT2D eigenvalue weighted by molar-refractivity contribution is 0.334. The van der Waals surface area contributed by atoms with Crippen LogP contribution in [0.25, 0.3) is 0 Å². The van der Waals surface area contributed by atoms with Crippen LogP contribution in [0.15, 0.2) is 0 Å². The third-order valence-corrected chi connectivity index (χ3v) is 5.57. The van der Waals surface area contributed by atoms with Crippen LogP contribution in [-0.2, 0) is 10.0 Å². The Kier molecular flexibility index (Phi) is 6.24. The average Bonchev–Trinajstić information content (AvgIpc) is 2.81.